The van der Waals surface area contributed by atoms with Crippen LogP contribution in [0.1, 0.15) is 39.0 Å². The molecule has 0 bridgehead atoms. The van der Waals surface area contributed by atoms with Gasteiger partial charge in [-0.1, -0.05) is 6.92 Å². The van der Waals surface area contributed by atoms with Gasteiger partial charge < -0.3 is 15.3 Å². The summed E-state index contributed by atoms with van der Waals surface area (Å²) in [5, 5.41) is 12.3. The van der Waals surface area contributed by atoms with E-state index in [2.05, 4.69) is 17.1 Å². The van der Waals surface area contributed by atoms with Crippen LogP contribution in [0, 0.1) is 5.92 Å². The summed E-state index contributed by atoms with van der Waals surface area (Å²) in [6, 6.07) is 0.421. The van der Waals surface area contributed by atoms with Gasteiger partial charge in [-0.05, 0) is 44.6 Å². The highest BCUT2D eigenvalue weighted by atomic mass is 16.4. The summed E-state index contributed by atoms with van der Waals surface area (Å²) in [4.78, 5) is 27.4. The van der Waals surface area contributed by atoms with Crippen molar-refractivity contribution in [1.82, 2.24) is 15.1 Å². The van der Waals surface area contributed by atoms with E-state index in [9.17, 15) is 14.7 Å². The number of likely N-dealkylation sites (tertiary alicyclic amines) is 2. The zero-order valence-electron chi connectivity index (χ0n) is 12.6. The highest BCUT2D eigenvalue weighted by Gasteiger charge is 2.38. The molecule has 3 atom stereocenters. The van der Waals surface area contributed by atoms with E-state index < -0.39 is 5.97 Å². The molecule has 0 radical (unpaired) electrons. The Morgan fingerprint density at radius 2 is 1.81 bits per heavy atom. The first-order valence-electron chi connectivity index (χ1n) is 8.10. The molecule has 0 aromatic heterocycles. The highest BCUT2D eigenvalue weighted by Crippen LogP contribution is 2.30. The van der Waals surface area contributed by atoms with Crippen LogP contribution in [-0.4, -0.2) is 64.7 Å². The zero-order chi connectivity index (χ0) is 15.0. The molecular formula is C15H25N3O3. The lowest BCUT2D eigenvalue weighted by Gasteiger charge is -2.38. The van der Waals surface area contributed by atoms with Crippen molar-refractivity contribution in [2.75, 3.05) is 19.6 Å². The lowest BCUT2D eigenvalue weighted by molar-refractivity contribution is -0.143. The molecule has 0 aromatic rings. The van der Waals surface area contributed by atoms with Gasteiger partial charge in [0.25, 0.3) is 0 Å². The third kappa shape index (κ3) is 3.15. The maximum atomic E-state index is 12.1. The van der Waals surface area contributed by atoms with Gasteiger partial charge in [0, 0.05) is 25.2 Å². The predicted octanol–water partition coefficient (Wildman–Crippen LogP) is 1.12. The molecule has 2 heterocycles. The summed E-state index contributed by atoms with van der Waals surface area (Å²) in [5.41, 5.74) is 0. The van der Waals surface area contributed by atoms with E-state index in [1.54, 1.807) is 0 Å². The fourth-order valence-corrected chi connectivity index (χ4v) is 3.66. The molecule has 0 aromatic carbocycles. The summed E-state index contributed by atoms with van der Waals surface area (Å²) in [6.45, 7) is 4.50. The fraction of sp³-hybridized carbons (Fsp3) is 0.867. The normalized spacial score (nSPS) is 34.0. The van der Waals surface area contributed by atoms with Gasteiger partial charge in [-0.2, -0.15) is 0 Å². The molecule has 1 aliphatic carbocycles. The van der Waals surface area contributed by atoms with E-state index in [1.165, 1.54) is 0 Å². The fourth-order valence-electron chi connectivity index (χ4n) is 3.66. The van der Waals surface area contributed by atoms with Crippen LogP contribution in [-0.2, 0) is 4.79 Å². The lowest BCUT2D eigenvalue weighted by Crippen LogP contribution is -2.52. The van der Waals surface area contributed by atoms with Crippen molar-refractivity contribution in [2.24, 2.45) is 5.92 Å². The maximum absolute atomic E-state index is 12.1. The van der Waals surface area contributed by atoms with Crippen molar-refractivity contribution in [3.8, 4) is 0 Å². The van der Waals surface area contributed by atoms with Gasteiger partial charge in [-0.15, -0.1) is 0 Å². The largest absolute Gasteiger partial charge is 0.480 e. The SMILES string of the molecule is CC1CC1NC(=O)N1CCC(N2CCCC2C(=O)O)CC1. The van der Waals surface area contributed by atoms with Gasteiger partial charge in [0.2, 0.25) is 0 Å². The first-order chi connectivity index (χ1) is 10.1. The van der Waals surface area contributed by atoms with E-state index in [0.29, 0.717) is 18.0 Å². The minimum absolute atomic E-state index is 0.0546. The molecule has 3 unspecified atom stereocenters. The van der Waals surface area contributed by atoms with E-state index in [1.807, 2.05) is 4.90 Å². The van der Waals surface area contributed by atoms with Crippen molar-refractivity contribution in [3.63, 3.8) is 0 Å². The van der Waals surface area contributed by atoms with Gasteiger partial charge in [0.1, 0.15) is 6.04 Å². The van der Waals surface area contributed by atoms with Crippen LogP contribution < -0.4 is 5.32 Å². The molecule has 21 heavy (non-hydrogen) atoms. The molecule has 2 saturated heterocycles. The average Bonchev–Trinajstić information content (AvgIpc) is 2.97. The van der Waals surface area contributed by atoms with Gasteiger partial charge in [0.05, 0.1) is 0 Å². The number of rotatable bonds is 3. The summed E-state index contributed by atoms with van der Waals surface area (Å²) in [7, 11) is 0. The Balaban J connectivity index is 1.48. The molecular weight excluding hydrogens is 270 g/mol. The average molecular weight is 295 g/mol. The van der Waals surface area contributed by atoms with Crippen LogP contribution in [0.15, 0.2) is 0 Å². The van der Waals surface area contributed by atoms with Crippen LogP contribution in [0.4, 0.5) is 4.79 Å². The minimum atomic E-state index is -0.699. The number of amides is 2. The van der Waals surface area contributed by atoms with Crippen LogP contribution in [0.25, 0.3) is 0 Å². The molecule has 2 amide bonds. The van der Waals surface area contributed by atoms with E-state index in [-0.39, 0.29) is 12.1 Å². The van der Waals surface area contributed by atoms with Gasteiger partial charge in [-0.3, -0.25) is 9.69 Å². The molecule has 6 heteroatoms. The molecule has 2 aliphatic heterocycles. The number of hydrogen-bond donors (Lipinski definition) is 2. The van der Waals surface area contributed by atoms with Gasteiger partial charge in [0.15, 0.2) is 0 Å². The molecule has 1 saturated carbocycles. The second kappa shape index (κ2) is 5.83. The Bertz CT molecular complexity index is 420. The molecule has 3 rings (SSSR count). The summed E-state index contributed by atoms with van der Waals surface area (Å²) < 4.78 is 0. The van der Waals surface area contributed by atoms with Crippen LogP contribution in [0.3, 0.4) is 0 Å². The number of carbonyl (C=O) groups excluding carboxylic acids is 1. The molecule has 2 N–H and O–H groups in total. The first-order valence-corrected chi connectivity index (χ1v) is 8.10. The number of nitrogens with one attached hydrogen (secondary N) is 1. The number of carboxylic acid groups (broad SMARTS) is 1. The van der Waals surface area contributed by atoms with E-state index >= 15 is 0 Å². The molecule has 3 fully saturated rings. The van der Waals surface area contributed by atoms with E-state index in [4.69, 9.17) is 0 Å². The van der Waals surface area contributed by atoms with Crippen molar-refractivity contribution in [1.29, 1.82) is 0 Å². The number of carbonyl (C=O) groups is 2. The highest BCUT2D eigenvalue weighted by molar-refractivity contribution is 5.75. The minimum Gasteiger partial charge on any atom is -0.480 e. The Morgan fingerprint density at radius 3 is 2.38 bits per heavy atom. The summed E-state index contributed by atoms with van der Waals surface area (Å²) in [6.07, 6.45) is 4.60. The van der Waals surface area contributed by atoms with Gasteiger partial charge >= 0.3 is 12.0 Å². The monoisotopic (exact) mass is 295 g/mol. The lowest BCUT2D eigenvalue weighted by atomic mass is 10.0. The quantitative estimate of drug-likeness (QED) is 0.818. The third-order valence-electron chi connectivity index (χ3n) is 5.22. The smallest absolute Gasteiger partial charge is 0.320 e. The molecule has 0 spiro atoms. The molecule has 6 nitrogen and oxygen atoms in total. The maximum Gasteiger partial charge on any atom is 0.320 e. The second-order valence-corrected chi connectivity index (χ2v) is 6.72. The Hall–Kier alpha value is -1.30. The standard InChI is InChI=1S/C15H25N3O3/c1-10-9-12(10)16-15(21)17-7-4-11(5-8-17)18-6-2-3-13(18)14(19)20/h10-13H,2-9H2,1H3,(H,16,21)(H,19,20). The predicted molar refractivity (Wildman–Crippen MR) is 78.1 cm³/mol. The van der Waals surface area contributed by atoms with Crippen LogP contribution in [0.5, 0.6) is 0 Å². The molecule has 3 aliphatic rings. The Morgan fingerprint density at radius 1 is 1.14 bits per heavy atom. The number of carboxylic acids is 1. The van der Waals surface area contributed by atoms with Crippen molar-refractivity contribution in [2.45, 2.75) is 57.2 Å². The zero-order valence-corrected chi connectivity index (χ0v) is 12.6. The number of aliphatic carboxylic acids is 1. The Kier molecular flexibility index (Phi) is 4.06. The van der Waals surface area contributed by atoms with Crippen molar-refractivity contribution < 1.29 is 14.7 Å². The first kappa shape index (κ1) is 14.6. The van der Waals surface area contributed by atoms with Crippen LogP contribution in [0.2, 0.25) is 0 Å². The van der Waals surface area contributed by atoms with Crippen LogP contribution >= 0.6 is 0 Å². The Labute approximate surface area is 125 Å². The number of urea groups is 1. The van der Waals surface area contributed by atoms with Gasteiger partial charge in [-0.25, -0.2) is 4.79 Å². The third-order valence-corrected chi connectivity index (χ3v) is 5.22. The summed E-state index contributed by atoms with van der Waals surface area (Å²) in [5.74, 6) is -0.0807. The number of hydrogen-bond acceptors (Lipinski definition) is 3. The molecule has 118 valence electrons. The summed E-state index contributed by atoms with van der Waals surface area (Å²) >= 11 is 0. The van der Waals surface area contributed by atoms with E-state index in [0.717, 1.165) is 51.7 Å². The number of nitrogens with zero attached hydrogens (tertiary/aromatic N) is 2. The van der Waals surface area contributed by atoms with Crippen molar-refractivity contribution in [3.05, 3.63) is 0 Å². The number of piperidine rings is 1. The second-order valence-electron chi connectivity index (χ2n) is 6.72. The van der Waals surface area contributed by atoms with Crippen molar-refractivity contribution >= 4 is 12.0 Å². The topological polar surface area (TPSA) is 72.9 Å².